The van der Waals surface area contributed by atoms with E-state index in [1.807, 2.05) is 25.1 Å². The van der Waals surface area contributed by atoms with Crippen molar-refractivity contribution in [3.8, 4) is 0 Å². The SMILES string of the molecule is CCC(C(C)=N)C(=O)c1ccccc1. The topological polar surface area (TPSA) is 40.9 Å². The number of hydrogen-bond acceptors (Lipinski definition) is 2. The minimum Gasteiger partial charge on any atom is -0.309 e. The minimum absolute atomic E-state index is 0.0561. The fourth-order valence-corrected chi connectivity index (χ4v) is 1.49. The van der Waals surface area contributed by atoms with Gasteiger partial charge in [0.1, 0.15) is 0 Å². The van der Waals surface area contributed by atoms with Gasteiger partial charge in [-0.25, -0.2) is 0 Å². The summed E-state index contributed by atoms with van der Waals surface area (Å²) in [4.78, 5) is 11.9. The molecule has 0 heterocycles. The van der Waals surface area contributed by atoms with E-state index in [1.54, 1.807) is 19.1 Å². The van der Waals surface area contributed by atoms with Gasteiger partial charge in [-0.05, 0) is 13.3 Å². The standard InChI is InChI=1S/C12H15NO/c1-3-11(9(2)13)12(14)10-7-5-4-6-8-10/h4-8,11,13H,3H2,1-2H3. The zero-order valence-corrected chi connectivity index (χ0v) is 8.58. The smallest absolute Gasteiger partial charge is 0.171 e. The number of carbonyl (C=O) groups excluding carboxylic acids is 1. The fourth-order valence-electron chi connectivity index (χ4n) is 1.49. The van der Waals surface area contributed by atoms with Crippen LogP contribution in [0.3, 0.4) is 0 Å². The maximum absolute atomic E-state index is 11.9. The lowest BCUT2D eigenvalue weighted by Crippen LogP contribution is -2.20. The van der Waals surface area contributed by atoms with E-state index in [-0.39, 0.29) is 11.7 Å². The number of carbonyl (C=O) groups is 1. The van der Waals surface area contributed by atoms with Crippen LogP contribution in [0.4, 0.5) is 0 Å². The van der Waals surface area contributed by atoms with Crippen LogP contribution in [-0.4, -0.2) is 11.5 Å². The predicted octanol–water partition coefficient (Wildman–Crippen LogP) is 2.94. The molecule has 0 aliphatic heterocycles. The van der Waals surface area contributed by atoms with Gasteiger partial charge in [0, 0.05) is 11.3 Å². The second kappa shape index (κ2) is 4.70. The molecular weight excluding hydrogens is 174 g/mol. The predicted molar refractivity (Wildman–Crippen MR) is 58.0 cm³/mol. The Morgan fingerprint density at radius 1 is 1.36 bits per heavy atom. The van der Waals surface area contributed by atoms with Crippen molar-refractivity contribution in [2.45, 2.75) is 20.3 Å². The van der Waals surface area contributed by atoms with E-state index in [0.717, 1.165) is 0 Å². The zero-order chi connectivity index (χ0) is 10.6. The third kappa shape index (κ3) is 2.28. The summed E-state index contributed by atoms with van der Waals surface area (Å²) in [6.45, 7) is 3.62. The van der Waals surface area contributed by atoms with Crippen LogP contribution in [0.1, 0.15) is 30.6 Å². The molecule has 0 aliphatic rings. The average molecular weight is 189 g/mol. The van der Waals surface area contributed by atoms with Gasteiger partial charge in [-0.1, -0.05) is 37.3 Å². The number of ketones is 1. The van der Waals surface area contributed by atoms with Gasteiger partial charge in [0.2, 0.25) is 0 Å². The number of Topliss-reactive ketones (excluding diaryl/α,β-unsaturated/α-hetero) is 1. The Hall–Kier alpha value is -1.44. The zero-order valence-electron chi connectivity index (χ0n) is 8.58. The summed E-state index contributed by atoms with van der Waals surface area (Å²) in [7, 11) is 0. The molecule has 1 atom stereocenters. The average Bonchev–Trinajstić information content (AvgIpc) is 2.19. The van der Waals surface area contributed by atoms with Crippen LogP contribution >= 0.6 is 0 Å². The van der Waals surface area contributed by atoms with Crippen LogP contribution in [0.25, 0.3) is 0 Å². The first kappa shape index (κ1) is 10.6. The number of hydrogen-bond donors (Lipinski definition) is 1. The molecule has 14 heavy (non-hydrogen) atoms. The van der Waals surface area contributed by atoms with Gasteiger partial charge in [0.15, 0.2) is 5.78 Å². The molecule has 0 aromatic heterocycles. The van der Waals surface area contributed by atoms with E-state index in [2.05, 4.69) is 0 Å². The molecule has 0 saturated heterocycles. The lowest BCUT2D eigenvalue weighted by Gasteiger charge is -2.11. The summed E-state index contributed by atoms with van der Waals surface area (Å²) in [6.07, 6.45) is 0.697. The van der Waals surface area contributed by atoms with Crippen molar-refractivity contribution < 1.29 is 4.79 Å². The molecule has 0 fully saturated rings. The molecular formula is C12H15NO. The number of nitrogens with one attached hydrogen (secondary N) is 1. The van der Waals surface area contributed by atoms with Gasteiger partial charge >= 0.3 is 0 Å². The minimum atomic E-state index is -0.252. The lowest BCUT2D eigenvalue weighted by atomic mass is 9.92. The highest BCUT2D eigenvalue weighted by Gasteiger charge is 2.19. The van der Waals surface area contributed by atoms with Gasteiger partial charge in [0.05, 0.1) is 5.92 Å². The van der Waals surface area contributed by atoms with Crippen LogP contribution in [0, 0.1) is 11.3 Å². The Morgan fingerprint density at radius 3 is 2.36 bits per heavy atom. The molecule has 1 aromatic carbocycles. The summed E-state index contributed by atoms with van der Waals surface area (Å²) in [5.41, 5.74) is 1.15. The molecule has 2 heteroatoms. The second-order valence-corrected chi connectivity index (χ2v) is 3.37. The highest BCUT2D eigenvalue weighted by molar-refractivity contribution is 6.10. The third-order valence-corrected chi connectivity index (χ3v) is 2.31. The highest BCUT2D eigenvalue weighted by atomic mass is 16.1. The fraction of sp³-hybridized carbons (Fsp3) is 0.333. The largest absolute Gasteiger partial charge is 0.309 e. The summed E-state index contributed by atoms with van der Waals surface area (Å²) in [5, 5.41) is 7.51. The van der Waals surface area contributed by atoms with E-state index in [0.29, 0.717) is 17.7 Å². The van der Waals surface area contributed by atoms with Crippen molar-refractivity contribution in [3.05, 3.63) is 35.9 Å². The van der Waals surface area contributed by atoms with Gasteiger partial charge in [-0.3, -0.25) is 4.79 Å². The summed E-state index contributed by atoms with van der Waals surface area (Å²) in [6, 6.07) is 9.18. The van der Waals surface area contributed by atoms with Crippen molar-refractivity contribution in [2.75, 3.05) is 0 Å². The van der Waals surface area contributed by atoms with Crippen LogP contribution in [0.5, 0.6) is 0 Å². The van der Waals surface area contributed by atoms with Crippen LogP contribution in [0.15, 0.2) is 30.3 Å². The monoisotopic (exact) mass is 189 g/mol. The molecule has 1 unspecified atom stereocenters. The van der Waals surface area contributed by atoms with Crippen molar-refractivity contribution >= 4 is 11.5 Å². The number of rotatable bonds is 4. The Morgan fingerprint density at radius 2 is 1.93 bits per heavy atom. The molecule has 0 saturated carbocycles. The molecule has 74 valence electrons. The van der Waals surface area contributed by atoms with Crippen LogP contribution in [-0.2, 0) is 0 Å². The molecule has 1 aromatic rings. The van der Waals surface area contributed by atoms with E-state index < -0.39 is 0 Å². The summed E-state index contributed by atoms with van der Waals surface area (Å²) < 4.78 is 0. The molecule has 0 spiro atoms. The van der Waals surface area contributed by atoms with Crippen LogP contribution in [0.2, 0.25) is 0 Å². The van der Waals surface area contributed by atoms with E-state index in [4.69, 9.17) is 5.41 Å². The maximum atomic E-state index is 11.9. The van der Waals surface area contributed by atoms with Gasteiger partial charge in [0.25, 0.3) is 0 Å². The molecule has 2 nitrogen and oxygen atoms in total. The van der Waals surface area contributed by atoms with Gasteiger partial charge in [-0.2, -0.15) is 0 Å². The van der Waals surface area contributed by atoms with Crippen molar-refractivity contribution in [3.63, 3.8) is 0 Å². The maximum Gasteiger partial charge on any atom is 0.171 e. The molecule has 0 bridgehead atoms. The van der Waals surface area contributed by atoms with Gasteiger partial charge < -0.3 is 5.41 Å². The Labute approximate surface area is 84.5 Å². The van der Waals surface area contributed by atoms with Gasteiger partial charge in [-0.15, -0.1) is 0 Å². The number of benzene rings is 1. The molecule has 0 amide bonds. The Bertz CT molecular complexity index is 329. The Kier molecular flexibility index (Phi) is 3.57. The highest BCUT2D eigenvalue weighted by Crippen LogP contribution is 2.13. The Balaban J connectivity index is 2.89. The lowest BCUT2D eigenvalue weighted by molar-refractivity contribution is 0.0952. The molecule has 1 N–H and O–H groups in total. The van der Waals surface area contributed by atoms with Crippen molar-refractivity contribution in [1.29, 1.82) is 5.41 Å². The van der Waals surface area contributed by atoms with E-state index in [9.17, 15) is 4.79 Å². The third-order valence-electron chi connectivity index (χ3n) is 2.31. The van der Waals surface area contributed by atoms with Crippen molar-refractivity contribution in [2.24, 2.45) is 5.92 Å². The first-order valence-electron chi connectivity index (χ1n) is 4.81. The summed E-state index contributed by atoms with van der Waals surface area (Å²) >= 11 is 0. The molecule has 0 aliphatic carbocycles. The van der Waals surface area contributed by atoms with Crippen LogP contribution < -0.4 is 0 Å². The molecule has 0 radical (unpaired) electrons. The first-order chi connectivity index (χ1) is 6.66. The van der Waals surface area contributed by atoms with E-state index in [1.165, 1.54) is 0 Å². The van der Waals surface area contributed by atoms with E-state index >= 15 is 0 Å². The summed E-state index contributed by atoms with van der Waals surface area (Å²) in [5.74, 6) is -0.196. The normalized spacial score (nSPS) is 12.1. The molecule has 1 rings (SSSR count). The quantitative estimate of drug-likeness (QED) is 0.574. The first-order valence-corrected chi connectivity index (χ1v) is 4.81. The second-order valence-electron chi connectivity index (χ2n) is 3.37. The van der Waals surface area contributed by atoms with Crippen molar-refractivity contribution in [1.82, 2.24) is 0 Å².